The highest BCUT2D eigenvalue weighted by molar-refractivity contribution is 6.15. The predicted octanol–water partition coefficient (Wildman–Crippen LogP) is 1.98. The van der Waals surface area contributed by atoms with Crippen molar-refractivity contribution in [3.8, 4) is 5.75 Å². The molecular weight excluding hydrogens is 310 g/mol. The second kappa shape index (κ2) is 6.41. The number of carbonyl (C=O) groups is 3. The van der Waals surface area contributed by atoms with Crippen molar-refractivity contribution >= 4 is 34.8 Å². The maximum atomic E-state index is 12.3. The van der Waals surface area contributed by atoms with E-state index >= 15 is 0 Å². The fourth-order valence-electron chi connectivity index (χ4n) is 2.27. The Kier molecular flexibility index (Phi) is 4.15. The molecule has 1 atom stereocenters. The smallest absolute Gasteiger partial charge is 0.275 e. The molecule has 2 aromatic rings. The van der Waals surface area contributed by atoms with Crippen LogP contribution < -0.4 is 20.7 Å². The third-order valence-electron chi connectivity index (χ3n) is 3.34. The first kappa shape index (κ1) is 15.5. The van der Waals surface area contributed by atoms with Gasteiger partial charge >= 0.3 is 0 Å². The van der Waals surface area contributed by atoms with E-state index in [4.69, 9.17) is 4.74 Å². The van der Waals surface area contributed by atoms with Gasteiger partial charge in [0, 0.05) is 18.3 Å². The second-order valence-corrected chi connectivity index (χ2v) is 5.23. The molecule has 1 heterocycles. The number of fused-ring (bicyclic) bond motifs is 1. The normalized spacial score (nSPS) is 15.5. The van der Waals surface area contributed by atoms with Gasteiger partial charge in [-0.2, -0.15) is 0 Å². The summed E-state index contributed by atoms with van der Waals surface area (Å²) in [5, 5.41) is 7.88. The van der Waals surface area contributed by atoms with Crippen molar-refractivity contribution in [3.05, 3.63) is 48.5 Å². The number of benzene rings is 2. The van der Waals surface area contributed by atoms with E-state index in [0.29, 0.717) is 22.8 Å². The molecule has 122 valence electrons. The minimum atomic E-state index is -1.27. The van der Waals surface area contributed by atoms with Crippen molar-refractivity contribution in [2.45, 2.75) is 13.0 Å². The lowest BCUT2D eigenvalue weighted by Crippen LogP contribution is -2.45. The summed E-state index contributed by atoms with van der Waals surface area (Å²) in [5.74, 6) is -0.841. The molecule has 1 aliphatic heterocycles. The third-order valence-corrected chi connectivity index (χ3v) is 3.34. The highest BCUT2D eigenvalue weighted by atomic mass is 16.5. The maximum absolute atomic E-state index is 12.3. The number of rotatable bonds is 3. The first-order valence-corrected chi connectivity index (χ1v) is 7.28. The highest BCUT2D eigenvalue weighted by Gasteiger charge is 2.33. The zero-order valence-electron chi connectivity index (χ0n) is 12.8. The fourth-order valence-corrected chi connectivity index (χ4v) is 2.27. The van der Waals surface area contributed by atoms with E-state index in [0.717, 1.165) is 0 Å². The number of hydrogen-bond acceptors (Lipinski definition) is 4. The summed E-state index contributed by atoms with van der Waals surface area (Å²) in [6.45, 7) is 1.41. The largest absolute Gasteiger partial charge is 0.468 e. The minimum Gasteiger partial charge on any atom is -0.468 e. The second-order valence-electron chi connectivity index (χ2n) is 5.23. The number of anilines is 3. The number of hydrogen-bond donors (Lipinski definition) is 3. The van der Waals surface area contributed by atoms with Crippen molar-refractivity contribution in [2.24, 2.45) is 0 Å². The molecule has 0 bridgehead atoms. The number of ether oxygens (including phenoxy) is 1. The van der Waals surface area contributed by atoms with Gasteiger partial charge in [0.1, 0.15) is 5.75 Å². The van der Waals surface area contributed by atoms with Crippen LogP contribution in [0.25, 0.3) is 0 Å². The summed E-state index contributed by atoms with van der Waals surface area (Å²) in [6.07, 6.45) is -1.27. The van der Waals surface area contributed by atoms with Crippen molar-refractivity contribution < 1.29 is 19.1 Å². The van der Waals surface area contributed by atoms with Crippen molar-refractivity contribution in [2.75, 3.05) is 16.0 Å². The number of nitrogens with one attached hydrogen (secondary N) is 3. The van der Waals surface area contributed by atoms with Gasteiger partial charge in [-0.05, 0) is 36.4 Å². The molecule has 3 rings (SSSR count). The molecule has 24 heavy (non-hydrogen) atoms. The van der Waals surface area contributed by atoms with Crippen LogP contribution in [0.2, 0.25) is 0 Å². The average molecular weight is 325 g/mol. The van der Waals surface area contributed by atoms with Gasteiger partial charge in [-0.1, -0.05) is 12.1 Å². The van der Waals surface area contributed by atoms with Crippen LogP contribution >= 0.6 is 0 Å². The Morgan fingerprint density at radius 1 is 1.00 bits per heavy atom. The van der Waals surface area contributed by atoms with Gasteiger partial charge < -0.3 is 20.7 Å². The van der Waals surface area contributed by atoms with Crippen LogP contribution in [0.4, 0.5) is 17.1 Å². The van der Waals surface area contributed by atoms with Crippen LogP contribution in [0.5, 0.6) is 5.75 Å². The van der Waals surface area contributed by atoms with Crippen LogP contribution in [-0.4, -0.2) is 23.8 Å². The molecule has 0 fully saturated rings. The van der Waals surface area contributed by atoms with Crippen molar-refractivity contribution in [1.82, 2.24) is 0 Å². The Labute approximate surface area is 138 Å². The van der Waals surface area contributed by atoms with E-state index in [-0.39, 0.29) is 5.91 Å². The van der Waals surface area contributed by atoms with Gasteiger partial charge in [-0.3, -0.25) is 14.4 Å². The van der Waals surface area contributed by atoms with E-state index in [1.807, 2.05) is 0 Å². The Bertz CT molecular complexity index is 802. The number of carbonyl (C=O) groups excluding carboxylic acids is 3. The van der Waals surface area contributed by atoms with Crippen LogP contribution in [-0.2, 0) is 14.4 Å². The first-order valence-electron chi connectivity index (χ1n) is 7.28. The average Bonchev–Trinajstić information content (AvgIpc) is 2.55. The summed E-state index contributed by atoms with van der Waals surface area (Å²) in [6, 6.07) is 13.4. The van der Waals surface area contributed by atoms with Gasteiger partial charge in [-0.15, -0.1) is 0 Å². The summed E-state index contributed by atoms with van der Waals surface area (Å²) < 4.78 is 5.47. The van der Waals surface area contributed by atoms with E-state index in [1.54, 1.807) is 48.5 Å². The van der Waals surface area contributed by atoms with E-state index in [9.17, 15) is 14.4 Å². The Balaban J connectivity index is 1.69. The van der Waals surface area contributed by atoms with Gasteiger partial charge in [0.15, 0.2) is 0 Å². The molecule has 3 N–H and O–H groups in total. The summed E-state index contributed by atoms with van der Waals surface area (Å²) in [4.78, 5) is 35.3. The number of amides is 3. The van der Waals surface area contributed by atoms with E-state index in [2.05, 4.69) is 16.0 Å². The van der Waals surface area contributed by atoms with Crippen molar-refractivity contribution in [1.29, 1.82) is 0 Å². The van der Waals surface area contributed by atoms with Crippen molar-refractivity contribution in [3.63, 3.8) is 0 Å². The molecule has 7 nitrogen and oxygen atoms in total. The SMILES string of the molecule is CC(=O)Nc1ccc(NC(=O)[C@H]2Oc3ccccc3NC2=O)cc1. The van der Waals surface area contributed by atoms with Gasteiger partial charge in [0.05, 0.1) is 5.69 Å². The van der Waals surface area contributed by atoms with Crippen LogP contribution in [0, 0.1) is 0 Å². The predicted molar refractivity (Wildman–Crippen MR) is 88.9 cm³/mol. The standard InChI is InChI=1S/C17H15N3O4/c1-10(21)18-11-6-8-12(9-7-11)19-16(22)15-17(23)20-13-4-2-3-5-14(13)24-15/h2-9,15H,1H3,(H,18,21)(H,19,22)(H,20,23)/t15-/m1/s1. The van der Waals surface area contributed by atoms with Gasteiger partial charge in [0.25, 0.3) is 17.9 Å². The maximum Gasteiger partial charge on any atom is 0.275 e. The van der Waals surface area contributed by atoms with Gasteiger partial charge in [0.2, 0.25) is 5.91 Å². The molecule has 0 aromatic heterocycles. The fraction of sp³-hybridized carbons (Fsp3) is 0.118. The summed E-state index contributed by atoms with van der Waals surface area (Å²) in [7, 11) is 0. The molecule has 0 spiro atoms. The molecule has 1 aliphatic rings. The molecule has 2 aromatic carbocycles. The Hall–Kier alpha value is -3.35. The number of para-hydroxylation sites is 2. The topological polar surface area (TPSA) is 96.5 Å². The molecule has 0 aliphatic carbocycles. The van der Waals surface area contributed by atoms with E-state index in [1.165, 1.54) is 6.92 Å². The minimum absolute atomic E-state index is 0.183. The quantitative estimate of drug-likeness (QED) is 0.752. The molecule has 0 unspecified atom stereocenters. The van der Waals surface area contributed by atoms with Crippen LogP contribution in [0.3, 0.4) is 0 Å². The zero-order valence-corrected chi connectivity index (χ0v) is 12.8. The highest BCUT2D eigenvalue weighted by Crippen LogP contribution is 2.29. The monoisotopic (exact) mass is 325 g/mol. The first-order chi connectivity index (χ1) is 11.5. The molecule has 0 saturated heterocycles. The van der Waals surface area contributed by atoms with Crippen LogP contribution in [0.1, 0.15) is 6.92 Å². The Morgan fingerprint density at radius 3 is 2.29 bits per heavy atom. The molecule has 0 saturated carbocycles. The van der Waals surface area contributed by atoms with Gasteiger partial charge in [-0.25, -0.2) is 0 Å². The summed E-state index contributed by atoms with van der Waals surface area (Å²) in [5.41, 5.74) is 1.64. The lowest BCUT2D eigenvalue weighted by molar-refractivity contribution is -0.133. The lowest BCUT2D eigenvalue weighted by atomic mass is 10.2. The van der Waals surface area contributed by atoms with Crippen LogP contribution in [0.15, 0.2) is 48.5 Å². The summed E-state index contributed by atoms with van der Waals surface area (Å²) >= 11 is 0. The third kappa shape index (κ3) is 3.35. The molecule has 3 amide bonds. The van der Waals surface area contributed by atoms with E-state index < -0.39 is 17.9 Å². The molecular formula is C17H15N3O4. The lowest BCUT2D eigenvalue weighted by Gasteiger charge is -2.24. The molecule has 0 radical (unpaired) electrons. The zero-order chi connectivity index (χ0) is 17.1. The Morgan fingerprint density at radius 2 is 1.62 bits per heavy atom. The molecule has 7 heteroatoms.